The second-order valence-electron chi connectivity index (χ2n) is 2.48. The molecule has 1 aromatic heterocycles. The number of aromatic hydroxyl groups is 1. The molecule has 0 fully saturated rings. The van der Waals surface area contributed by atoms with E-state index in [1.807, 2.05) is 12.1 Å². The first-order chi connectivity index (χ1) is 5.27. The molecule has 1 heterocycles. The van der Waals surface area contributed by atoms with E-state index in [-0.39, 0.29) is 5.75 Å². The summed E-state index contributed by atoms with van der Waals surface area (Å²) in [6.45, 7) is 0. The Labute approximate surface area is 63.5 Å². The highest BCUT2D eigenvalue weighted by Crippen LogP contribution is 2.25. The molecule has 0 aliphatic heterocycles. The highest BCUT2D eigenvalue weighted by Gasteiger charge is 2.00. The molecule has 2 aromatic rings. The summed E-state index contributed by atoms with van der Waals surface area (Å²) in [5.74, 6) is 0.199. The van der Waals surface area contributed by atoms with E-state index >= 15 is 0 Å². The third-order valence-corrected chi connectivity index (χ3v) is 1.66. The fourth-order valence-electron chi connectivity index (χ4n) is 1.17. The number of aromatic amines is 1. The number of phenols is 1. The molecule has 0 saturated carbocycles. The Morgan fingerprint density at radius 1 is 1.36 bits per heavy atom. The molecule has 3 nitrogen and oxygen atoms in total. The van der Waals surface area contributed by atoms with Gasteiger partial charge < -0.3 is 15.8 Å². The van der Waals surface area contributed by atoms with Crippen LogP contribution in [0.25, 0.3) is 10.9 Å². The lowest BCUT2D eigenvalue weighted by molar-refractivity contribution is 0.481. The normalized spacial score (nSPS) is 10.5. The summed E-state index contributed by atoms with van der Waals surface area (Å²) >= 11 is 0. The fraction of sp³-hybridized carbons (Fsp3) is 0. The van der Waals surface area contributed by atoms with Crippen LogP contribution in [0.3, 0.4) is 0 Å². The van der Waals surface area contributed by atoms with E-state index in [1.54, 1.807) is 6.20 Å². The molecule has 4 N–H and O–H groups in total. The highest BCUT2D eigenvalue weighted by atomic mass is 16.3. The molecule has 0 aliphatic carbocycles. The summed E-state index contributed by atoms with van der Waals surface area (Å²) in [5.41, 5.74) is 6.82. The number of H-pyrrole nitrogens is 1. The minimum atomic E-state index is 0.199. The number of phenolic OH excluding ortho intramolecular Hbond substituents is 1. The van der Waals surface area contributed by atoms with Gasteiger partial charge in [-0.1, -0.05) is 0 Å². The SMILES string of the molecule is Nc1cc(O)c2[nH]ccc2c1. The molecular weight excluding hydrogens is 140 g/mol. The quantitative estimate of drug-likeness (QED) is 0.495. The van der Waals surface area contributed by atoms with Crippen molar-refractivity contribution in [3.05, 3.63) is 24.4 Å². The number of hydrogen-bond acceptors (Lipinski definition) is 2. The molecule has 0 radical (unpaired) electrons. The summed E-state index contributed by atoms with van der Waals surface area (Å²) in [4.78, 5) is 2.91. The number of aromatic nitrogens is 1. The zero-order valence-electron chi connectivity index (χ0n) is 5.83. The largest absolute Gasteiger partial charge is 0.506 e. The van der Waals surface area contributed by atoms with Crippen molar-refractivity contribution in [1.29, 1.82) is 0 Å². The topological polar surface area (TPSA) is 62.0 Å². The van der Waals surface area contributed by atoms with Crippen LogP contribution in [0.15, 0.2) is 24.4 Å². The molecule has 0 saturated heterocycles. The fourth-order valence-corrected chi connectivity index (χ4v) is 1.17. The van der Waals surface area contributed by atoms with Gasteiger partial charge in [0.25, 0.3) is 0 Å². The zero-order chi connectivity index (χ0) is 7.84. The van der Waals surface area contributed by atoms with Crippen LogP contribution in [0.1, 0.15) is 0 Å². The molecule has 0 aliphatic rings. The van der Waals surface area contributed by atoms with Crippen molar-refractivity contribution in [1.82, 2.24) is 4.98 Å². The van der Waals surface area contributed by atoms with Crippen molar-refractivity contribution in [2.45, 2.75) is 0 Å². The monoisotopic (exact) mass is 148 g/mol. The van der Waals surface area contributed by atoms with Crippen LogP contribution in [0.2, 0.25) is 0 Å². The third-order valence-electron chi connectivity index (χ3n) is 1.66. The van der Waals surface area contributed by atoms with Gasteiger partial charge in [0.2, 0.25) is 0 Å². The third kappa shape index (κ3) is 0.816. The van der Waals surface area contributed by atoms with Crippen molar-refractivity contribution >= 4 is 16.6 Å². The van der Waals surface area contributed by atoms with E-state index in [2.05, 4.69) is 4.98 Å². The minimum Gasteiger partial charge on any atom is -0.506 e. The average Bonchev–Trinajstić information content (AvgIpc) is 2.34. The average molecular weight is 148 g/mol. The van der Waals surface area contributed by atoms with Crippen LogP contribution in [0.4, 0.5) is 5.69 Å². The lowest BCUT2D eigenvalue weighted by atomic mass is 10.2. The van der Waals surface area contributed by atoms with Gasteiger partial charge in [0, 0.05) is 23.3 Å². The number of rotatable bonds is 0. The second-order valence-corrected chi connectivity index (χ2v) is 2.48. The Kier molecular flexibility index (Phi) is 1.06. The van der Waals surface area contributed by atoms with Crippen LogP contribution in [0, 0.1) is 0 Å². The smallest absolute Gasteiger partial charge is 0.141 e. The first-order valence-corrected chi connectivity index (χ1v) is 3.33. The number of anilines is 1. The first kappa shape index (κ1) is 6.09. The van der Waals surface area contributed by atoms with Crippen molar-refractivity contribution < 1.29 is 5.11 Å². The molecule has 3 heteroatoms. The molecular formula is C8H8N2O. The number of nitrogens with one attached hydrogen (secondary N) is 1. The number of hydrogen-bond donors (Lipinski definition) is 3. The van der Waals surface area contributed by atoms with Gasteiger partial charge >= 0.3 is 0 Å². The summed E-state index contributed by atoms with van der Waals surface area (Å²) in [7, 11) is 0. The van der Waals surface area contributed by atoms with Gasteiger partial charge in [0.05, 0.1) is 5.52 Å². The van der Waals surface area contributed by atoms with Crippen LogP contribution in [0.5, 0.6) is 5.75 Å². The molecule has 56 valence electrons. The molecule has 0 unspecified atom stereocenters. The maximum absolute atomic E-state index is 9.33. The Morgan fingerprint density at radius 3 is 3.00 bits per heavy atom. The molecule has 0 amide bonds. The Bertz CT molecular complexity index is 392. The number of nitrogen functional groups attached to an aromatic ring is 1. The van der Waals surface area contributed by atoms with Crippen LogP contribution in [-0.2, 0) is 0 Å². The molecule has 1 aromatic carbocycles. The van der Waals surface area contributed by atoms with E-state index in [0.717, 1.165) is 10.9 Å². The Morgan fingerprint density at radius 2 is 2.18 bits per heavy atom. The van der Waals surface area contributed by atoms with Crippen LogP contribution < -0.4 is 5.73 Å². The van der Waals surface area contributed by atoms with Crippen LogP contribution >= 0.6 is 0 Å². The molecule has 0 atom stereocenters. The lowest BCUT2D eigenvalue weighted by Crippen LogP contribution is -1.83. The predicted molar refractivity (Wildman–Crippen MR) is 44.4 cm³/mol. The number of fused-ring (bicyclic) bond motifs is 1. The zero-order valence-corrected chi connectivity index (χ0v) is 5.83. The standard InChI is InChI=1S/C8H8N2O/c9-6-3-5-1-2-10-8(5)7(11)4-6/h1-4,10-11H,9H2. The Hall–Kier alpha value is -1.64. The Balaban J connectivity index is 2.91. The molecule has 2 rings (SSSR count). The van der Waals surface area contributed by atoms with Crippen molar-refractivity contribution in [3.8, 4) is 5.75 Å². The molecule has 11 heavy (non-hydrogen) atoms. The minimum absolute atomic E-state index is 0.199. The van der Waals surface area contributed by atoms with E-state index in [9.17, 15) is 5.11 Å². The van der Waals surface area contributed by atoms with Crippen molar-refractivity contribution in [2.75, 3.05) is 5.73 Å². The maximum Gasteiger partial charge on any atom is 0.141 e. The van der Waals surface area contributed by atoms with Gasteiger partial charge in [-0.2, -0.15) is 0 Å². The second kappa shape index (κ2) is 1.92. The van der Waals surface area contributed by atoms with Crippen LogP contribution in [-0.4, -0.2) is 10.1 Å². The lowest BCUT2D eigenvalue weighted by Gasteiger charge is -1.96. The van der Waals surface area contributed by atoms with E-state index in [1.165, 1.54) is 6.07 Å². The summed E-state index contributed by atoms with van der Waals surface area (Å²) in [6.07, 6.45) is 1.77. The predicted octanol–water partition coefficient (Wildman–Crippen LogP) is 1.46. The van der Waals surface area contributed by atoms with Gasteiger partial charge in [0.1, 0.15) is 5.75 Å². The molecule has 0 bridgehead atoms. The number of benzene rings is 1. The van der Waals surface area contributed by atoms with Gasteiger partial charge in [-0.15, -0.1) is 0 Å². The maximum atomic E-state index is 9.33. The van der Waals surface area contributed by atoms with Gasteiger partial charge in [-0.25, -0.2) is 0 Å². The van der Waals surface area contributed by atoms with E-state index in [4.69, 9.17) is 5.73 Å². The van der Waals surface area contributed by atoms with Gasteiger partial charge in [-0.05, 0) is 12.1 Å². The van der Waals surface area contributed by atoms with Gasteiger partial charge in [-0.3, -0.25) is 0 Å². The van der Waals surface area contributed by atoms with Gasteiger partial charge in [0.15, 0.2) is 0 Å². The van der Waals surface area contributed by atoms with Crippen molar-refractivity contribution in [3.63, 3.8) is 0 Å². The highest BCUT2D eigenvalue weighted by molar-refractivity contribution is 5.88. The van der Waals surface area contributed by atoms with E-state index < -0.39 is 0 Å². The summed E-state index contributed by atoms with van der Waals surface area (Å²) in [6, 6.07) is 5.20. The van der Waals surface area contributed by atoms with Crippen molar-refractivity contribution in [2.24, 2.45) is 0 Å². The number of nitrogens with two attached hydrogens (primary N) is 1. The van der Waals surface area contributed by atoms with E-state index in [0.29, 0.717) is 5.69 Å². The first-order valence-electron chi connectivity index (χ1n) is 3.33. The summed E-state index contributed by atoms with van der Waals surface area (Å²) < 4.78 is 0. The summed E-state index contributed by atoms with van der Waals surface area (Å²) in [5, 5.41) is 10.3. The molecule has 0 spiro atoms.